The lowest BCUT2D eigenvalue weighted by atomic mass is 10.2. The van der Waals surface area contributed by atoms with Crippen molar-refractivity contribution in [1.82, 2.24) is 10.3 Å². The van der Waals surface area contributed by atoms with Gasteiger partial charge in [0.1, 0.15) is 5.25 Å². The summed E-state index contributed by atoms with van der Waals surface area (Å²) in [5.41, 5.74) is 1.40. The van der Waals surface area contributed by atoms with Crippen molar-refractivity contribution in [3.63, 3.8) is 0 Å². The molecule has 1 N–H and O–H groups in total. The van der Waals surface area contributed by atoms with E-state index < -0.39 is 21.0 Å². The minimum Gasteiger partial charge on any atom is -0.349 e. The second-order valence-electron chi connectivity index (χ2n) is 5.16. The molecule has 0 aliphatic carbocycles. The first-order valence-electron chi connectivity index (χ1n) is 7.00. The Labute approximate surface area is 140 Å². The summed E-state index contributed by atoms with van der Waals surface area (Å²) in [5.74, 6) is -0.590. The van der Waals surface area contributed by atoms with Gasteiger partial charge in [0.15, 0.2) is 9.84 Å². The molecule has 5 nitrogen and oxygen atoms in total. The third kappa shape index (κ3) is 4.09. The number of aryl methyl sites for hydroxylation is 1. The minimum atomic E-state index is -3.72. The van der Waals surface area contributed by atoms with Gasteiger partial charge in [-0.1, -0.05) is 29.8 Å². The molecule has 0 saturated heterocycles. The van der Waals surface area contributed by atoms with E-state index in [2.05, 4.69) is 10.3 Å². The second kappa shape index (κ2) is 7.10. The number of hydrogen-bond donors (Lipinski definition) is 1. The number of nitrogens with one attached hydrogen (secondary N) is 1. The van der Waals surface area contributed by atoms with Crippen LogP contribution in [0.5, 0.6) is 0 Å². The van der Waals surface area contributed by atoms with E-state index in [0.717, 1.165) is 5.56 Å². The van der Waals surface area contributed by atoms with Crippen LogP contribution in [0, 0.1) is 6.92 Å². The van der Waals surface area contributed by atoms with Crippen molar-refractivity contribution in [2.75, 3.05) is 0 Å². The summed E-state index contributed by atoms with van der Waals surface area (Å²) in [6.45, 7) is 3.30. The lowest BCUT2D eigenvalue weighted by molar-refractivity contribution is -0.120. The first-order valence-corrected chi connectivity index (χ1v) is 8.92. The number of carbonyl (C=O) groups excluding carboxylic acids is 1. The number of halogens is 1. The van der Waals surface area contributed by atoms with Gasteiger partial charge in [-0.2, -0.15) is 0 Å². The Morgan fingerprint density at radius 1 is 1.30 bits per heavy atom. The summed E-state index contributed by atoms with van der Waals surface area (Å²) >= 11 is 6.05. The van der Waals surface area contributed by atoms with E-state index in [0.29, 0.717) is 10.7 Å². The number of pyridine rings is 1. The van der Waals surface area contributed by atoms with Gasteiger partial charge in [0.05, 0.1) is 22.2 Å². The molecule has 0 aliphatic rings. The molecule has 23 heavy (non-hydrogen) atoms. The molecule has 1 unspecified atom stereocenters. The molecule has 1 amide bonds. The normalized spacial score (nSPS) is 12.7. The first kappa shape index (κ1) is 17.4. The minimum absolute atomic E-state index is 0.0760. The molecule has 0 fully saturated rings. The van der Waals surface area contributed by atoms with Crippen LogP contribution < -0.4 is 5.32 Å². The maximum Gasteiger partial charge on any atom is 0.238 e. The summed E-state index contributed by atoms with van der Waals surface area (Å²) in [5, 5.41) is 1.80. The zero-order valence-electron chi connectivity index (χ0n) is 12.8. The van der Waals surface area contributed by atoms with Gasteiger partial charge in [0, 0.05) is 6.20 Å². The molecule has 2 aromatic rings. The number of carbonyl (C=O) groups is 1. The van der Waals surface area contributed by atoms with E-state index in [9.17, 15) is 13.2 Å². The molecule has 2 rings (SSSR count). The van der Waals surface area contributed by atoms with Gasteiger partial charge in [-0.05, 0) is 37.6 Å². The fourth-order valence-corrected chi connectivity index (χ4v) is 3.56. The number of nitrogens with zero attached hydrogens (tertiary/aromatic N) is 1. The van der Waals surface area contributed by atoms with Crippen LogP contribution in [0.25, 0.3) is 0 Å². The topological polar surface area (TPSA) is 76.1 Å². The van der Waals surface area contributed by atoms with Crippen LogP contribution in [0.15, 0.2) is 47.5 Å². The third-order valence-electron chi connectivity index (χ3n) is 3.39. The smallest absolute Gasteiger partial charge is 0.238 e. The Bertz CT molecular complexity index is 807. The van der Waals surface area contributed by atoms with Crippen molar-refractivity contribution >= 4 is 27.3 Å². The Balaban J connectivity index is 2.08. The highest BCUT2D eigenvalue weighted by molar-refractivity contribution is 7.92. The van der Waals surface area contributed by atoms with Crippen molar-refractivity contribution in [1.29, 1.82) is 0 Å². The van der Waals surface area contributed by atoms with Crippen LogP contribution in [0.2, 0.25) is 5.02 Å². The maximum absolute atomic E-state index is 12.4. The molecule has 0 spiro atoms. The average molecular weight is 353 g/mol. The van der Waals surface area contributed by atoms with Crippen LogP contribution in [0.1, 0.15) is 18.2 Å². The van der Waals surface area contributed by atoms with E-state index in [-0.39, 0.29) is 11.4 Å². The van der Waals surface area contributed by atoms with E-state index in [1.807, 2.05) is 6.92 Å². The Hall–Kier alpha value is -1.92. The van der Waals surface area contributed by atoms with Gasteiger partial charge in [0.2, 0.25) is 5.91 Å². The second-order valence-corrected chi connectivity index (χ2v) is 7.84. The molecule has 0 radical (unpaired) electrons. The van der Waals surface area contributed by atoms with Gasteiger partial charge >= 0.3 is 0 Å². The SMILES string of the molecule is Cc1cnc(CNC(=O)C(C)S(=O)(=O)c2ccccc2)c(Cl)c1. The lowest BCUT2D eigenvalue weighted by Crippen LogP contribution is -2.37. The number of benzene rings is 1. The molecule has 0 aliphatic heterocycles. The van der Waals surface area contributed by atoms with E-state index in [4.69, 9.17) is 11.6 Å². The zero-order valence-corrected chi connectivity index (χ0v) is 14.4. The highest BCUT2D eigenvalue weighted by atomic mass is 35.5. The van der Waals surface area contributed by atoms with Crippen molar-refractivity contribution in [3.05, 3.63) is 58.9 Å². The fraction of sp³-hybridized carbons (Fsp3) is 0.250. The monoisotopic (exact) mass is 352 g/mol. The number of rotatable bonds is 5. The van der Waals surface area contributed by atoms with E-state index in [1.165, 1.54) is 19.1 Å². The van der Waals surface area contributed by atoms with Crippen LogP contribution in [-0.4, -0.2) is 24.6 Å². The van der Waals surface area contributed by atoms with Gasteiger partial charge in [-0.3, -0.25) is 9.78 Å². The summed E-state index contributed by atoms with van der Waals surface area (Å²) in [6, 6.07) is 9.63. The van der Waals surface area contributed by atoms with Crippen LogP contribution in [-0.2, 0) is 21.2 Å². The summed E-state index contributed by atoms with van der Waals surface area (Å²) in [7, 11) is -3.72. The van der Waals surface area contributed by atoms with Crippen LogP contribution in [0.3, 0.4) is 0 Å². The van der Waals surface area contributed by atoms with Gasteiger partial charge < -0.3 is 5.32 Å². The molecule has 1 aromatic carbocycles. The number of sulfone groups is 1. The van der Waals surface area contributed by atoms with Gasteiger partial charge in [0.25, 0.3) is 0 Å². The Morgan fingerprint density at radius 2 is 1.96 bits per heavy atom. The summed E-state index contributed by atoms with van der Waals surface area (Å²) < 4.78 is 24.8. The van der Waals surface area contributed by atoms with Gasteiger partial charge in [-0.25, -0.2) is 8.42 Å². The lowest BCUT2D eigenvalue weighted by Gasteiger charge is -2.13. The summed E-state index contributed by atoms with van der Waals surface area (Å²) in [6.07, 6.45) is 1.64. The average Bonchev–Trinajstić information content (AvgIpc) is 2.53. The third-order valence-corrected chi connectivity index (χ3v) is 5.79. The largest absolute Gasteiger partial charge is 0.349 e. The van der Waals surface area contributed by atoms with Crippen molar-refractivity contribution in [2.45, 2.75) is 30.5 Å². The standard InChI is InChI=1S/C16H17ClN2O3S/c1-11-8-14(17)15(18-9-11)10-19-16(20)12(2)23(21,22)13-6-4-3-5-7-13/h3-9,12H,10H2,1-2H3,(H,19,20). The van der Waals surface area contributed by atoms with E-state index in [1.54, 1.807) is 30.5 Å². The molecule has 0 saturated carbocycles. The Kier molecular flexibility index (Phi) is 5.38. The number of hydrogen-bond acceptors (Lipinski definition) is 4. The predicted octanol–water partition coefficient (Wildman–Crippen LogP) is 2.52. The first-order chi connectivity index (χ1) is 10.8. The molecular formula is C16H17ClN2O3S. The summed E-state index contributed by atoms with van der Waals surface area (Å²) in [4.78, 5) is 16.4. The van der Waals surface area contributed by atoms with E-state index >= 15 is 0 Å². The Morgan fingerprint density at radius 3 is 2.57 bits per heavy atom. The molecule has 1 atom stereocenters. The fourth-order valence-electron chi connectivity index (χ4n) is 1.96. The number of aromatic nitrogens is 1. The quantitative estimate of drug-likeness (QED) is 0.897. The molecule has 1 aromatic heterocycles. The number of amides is 1. The van der Waals surface area contributed by atoms with Crippen molar-refractivity contribution < 1.29 is 13.2 Å². The zero-order chi connectivity index (χ0) is 17.0. The van der Waals surface area contributed by atoms with Crippen molar-refractivity contribution in [2.24, 2.45) is 0 Å². The van der Waals surface area contributed by atoms with Crippen LogP contribution in [0.4, 0.5) is 0 Å². The van der Waals surface area contributed by atoms with Crippen LogP contribution >= 0.6 is 11.6 Å². The highest BCUT2D eigenvalue weighted by Crippen LogP contribution is 2.17. The maximum atomic E-state index is 12.4. The molecular weight excluding hydrogens is 336 g/mol. The molecule has 1 heterocycles. The highest BCUT2D eigenvalue weighted by Gasteiger charge is 2.29. The molecule has 0 bridgehead atoms. The van der Waals surface area contributed by atoms with Gasteiger partial charge in [-0.15, -0.1) is 0 Å². The molecule has 7 heteroatoms. The molecule has 122 valence electrons. The predicted molar refractivity (Wildman–Crippen MR) is 88.9 cm³/mol. The van der Waals surface area contributed by atoms with Crippen molar-refractivity contribution in [3.8, 4) is 0 Å².